The van der Waals surface area contributed by atoms with Crippen LogP contribution in [0.4, 0.5) is 0 Å². The van der Waals surface area contributed by atoms with Gasteiger partial charge in [0, 0.05) is 13.0 Å². The molecular formula is C8H15NO4. The molecule has 3 N–H and O–H groups in total. The average molecular weight is 189 g/mol. The normalized spacial score (nSPS) is 34.2. The first-order chi connectivity index (χ1) is 6.11. The fourth-order valence-corrected chi connectivity index (χ4v) is 1.35. The molecule has 1 heterocycles. The highest BCUT2D eigenvalue weighted by atomic mass is 16.6. The Morgan fingerprint density at radius 2 is 2.46 bits per heavy atom. The summed E-state index contributed by atoms with van der Waals surface area (Å²) in [7, 11) is 0. The van der Waals surface area contributed by atoms with E-state index in [4.69, 9.17) is 0 Å². The number of hydrogen-bond donors (Lipinski definition) is 3. The number of aliphatic hydroxyl groups is 2. The van der Waals surface area contributed by atoms with E-state index in [1.54, 1.807) is 6.92 Å². The molecule has 13 heavy (non-hydrogen) atoms. The number of carbonyl (C=O) groups is 1. The van der Waals surface area contributed by atoms with Gasteiger partial charge in [0.15, 0.2) is 5.60 Å². The Morgan fingerprint density at radius 1 is 1.77 bits per heavy atom. The van der Waals surface area contributed by atoms with E-state index in [1.807, 2.05) is 0 Å². The van der Waals surface area contributed by atoms with Gasteiger partial charge in [-0.1, -0.05) is 0 Å². The Hall–Kier alpha value is -0.650. The van der Waals surface area contributed by atoms with Gasteiger partial charge in [0.1, 0.15) is 6.10 Å². The molecule has 1 rings (SSSR count). The highest BCUT2D eigenvalue weighted by Gasteiger charge is 2.46. The van der Waals surface area contributed by atoms with Crippen molar-refractivity contribution in [3.63, 3.8) is 0 Å². The first kappa shape index (κ1) is 10.4. The van der Waals surface area contributed by atoms with Crippen LogP contribution in [0, 0.1) is 0 Å². The van der Waals surface area contributed by atoms with Crippen LogP contribution in [0.1, 0.15) is 13.3 Å². The van der Waals surface area contributed by atoms with Crippen molar-refractivity contribution in [2.45, 2.75) is 25.0 Å². The van der Waals surface area contributed by atoms with Crippen molar-refractivity contribution in [1.82, 2.24) is 5.32 Å². The van der Waals surface area contributed by atoms with E-state index in [1.165, 1.54) is 0 Å². The van der Waals surface area contributed by atoms with E-state index in [0.717, 1.165) is 0 Å². The quantitative estimate of drug-likeness (QED) is 0.467. The zero-order valence-electron chi connectivity index (χ0n) is 7.62. The maximum absolute atomic E-state index is 11.3. The van der Waals surface area contributed by atoms with Crippen LogP contribution in [-0.4, -0.2) is 47.6 Å². The molecule has 1 fully saturated rings. The minimum atomic E-state index is -1.72. The van der Waals surface area contributed by atoms with Gasteiger partial charge in [-0.25, -0.2) is 4.79 Å². The van der Waals surface area contributed by atoms with Gasteiger partial charge in [-0.15, -0.1) is 0 Å². The van der Waals surface area contributed by atoms with E-state index >= 15 is 0 Å². The van der Waals surface area contributed by atoms with E-state index in [-0.39, 0.29) is 19.6 Å². The lowest BCUT2D eigenvalue weighted by atomic mass is 9.90. The molecule has 0 bridgehead atoms. The van der Waals surface area contributed by atoms with E-state index in [2.05, 4.69) is 10.1 Å². The molecule has 2 atom stereocenters. The summed E-state index contributed by atoms with van der Waals surface area (Å²) in [5.41, 5.74) is -1.72. The third kappa shape index (κ3) is 1.99. The Balaban J connectivity index is 2.65. The molecule has 0 aliphatic carbocycles. The second-order valence-electron chi connectivity index (χ2n) is 3.11. The topological polar surface area (TPSA) is 78.8 Å². The zero-order valence-corrected chi connectivity index (χ0v) is 7.62. The number of hydrogen-bond acceptors (Lipinski definition) is 5. The lowest BCUT2D eigenvalue weighted by molar-refractivity contribution is -0.181. The number of esters is 1. The van der Waals surface area contributed by atoms with Gasteiger partial charge in [0.05, 0.1) is 6.61 Å². The second-order valence-corrected chi connectivity index (χ2v) is 3.11. The molecule has 0 aromatic carbocycles. The van der Waals surface area contributed by atoms with Gasteiger partial charge in [0.25, 0.3) is 0 Å². The molecule has 0 aromatic rings. The van der Waals surface area contributed by atoms with Crippen LogP contribution in [-0.2, 0) is 9.53 Å². The third-order valence-corrected chi connectivity index (χ3v) is 2.20. The van der Waals surface area contributed by atoms with E-state index in [0.29, 0.717) is 6.54 Å². The van der Waals surface area contributed by atoms with Gasteiger partial charge in [-0.2, -0.15) is 0 Å². The third-order valence-electron chi connectivity index (χ3n) is 2.20. The number of rotatable bonds is 2. The van der Waals surface area contributed by atoms with E-state index in [9.17, 15) is 15.0 Å². The van der Waals surface area contributed by atoms with Crippen molar-refractivity contribution >= 4 is 5.97 Å². The average Bonchev–Trinajstić information content (AvgIpc) is 2.11. The molecular weight excluding hydrogens is 174 g/mol. The molecule has 76 valence electrons. The van der Waals surface area contributed by atoms with Crippen molar-refractivity contribution in [2.24, 2.45) is 0 Å². The lowest BCUT2D eigenvalue weighted by Crippen LogP contribution is -2.59. The maximum atomic E-state index is 11.3. The fraction of sp³-hybridized carbons (Fsp3) is 0.875. The van der Waals surface area contributed by atoms with Crippen LogP contribution in [0.3, 0.4) is 0 Å². The highest BCUT2D eigenvalue weighted by molar-refractivity contribution is 5.80. The molecule has 1 aliphatic heterocycles. The summed E-state index contributed by atoms with van der Waals surface area (Å²) in [6.45, 7) is 2.59. The molecule has 0 radical (unpaired) electrons. The van der Waals surface area contributed by atoms with Crippen LogP contribution < -0.4 is 5.32 Å². The highest BCUT2D eigenvalue weighted by Crippen LogP contribution is 2.20. The molecule has 1 aliphatic rings. The molecule has 0 aromatic heterocycles. The van der Waals surface area contributed by atoms with Gasteiger partial charge >= 0.3 is 5.97 Å². The van der Waals surface area contributed by atoms with Crippen LogP contribution >= 0.6 is 0 Å². The Kier molecular flexibility index (Phi) is 3.24. The number of ether oxygens (including phenoxy) is 1. The summed E-state index contributed by atoms with van der Waals surface area (Å²) in [4.78, 5) is 11.3. The summed E-state index contributed by atoms with van der Waals surface area (Å²) < 4.78 is 4.68. The van der Waals surface area contributed by atoms with Crippen LogP contribution in [0.2, 0.25) is 0 Å². The predicted octanol–water partition coefficient (Wildman–Crippen LogP) is -1.37. The zero-order chi connectivity index (χ0) is 9.90. The van der Waals surface area contributed by atoms with Gasteiger partial charge in [-0.3, -0.25) is 0 Å². The molecule has 5 heteroatoms. The van der Waals surface area contributed by atoms with Crippen LogP contribution in [0.25, 0.3) is 0 Å². The maximum Gasteiger partial charge on any atom is 0.340 e. The fourth-order valence-electron chi connectivity index (χ4n) is 1.35. The van der Waals surface area contributed by atoms with Gasteiger partial charge in [-0.05, 0) is 13.5 Å². The van der Waals surface area contributed by atoms with Crippen LogP contribution in [0.15, 0.2) is 0 Å². The number of carbonyl (C=O) groups excluding carboxylic acids is 1. The molecule has 0 saturated carbocycles. The largest absolute Gasteiger partial charge is 0.464 e. The standard InChI is InChI=1S/C8H15NO4/c1-2-13-7(11)8(12)3-4-9-5-6(8)10/h6,9-10,12H,2-5H2,1H3/t6-,8+/m0/s1. The smallest absolute Gasteiger partial charge is 0.340 e. The van der Waals surface area contributed by atoms with Crippen molar-refractivity contribution in [3.05, 3.63) is 0 Å². The summed E-state index contributed by atoms with van der Waals surface area (Å²) in [6.07, 6.45) is -0.896. The van der Waals surface area contributed by atoms with Crippen molar-refractivity contribution in [3.8, 4) is 0 Å². The van der Waals surface area contributed by atoms with Crippen molar-refractivity contribution in [1.29, 1.82) is 0 Å². The predicted molar refractivity (Wildman–Crippen MR) is 45.1 cm³/mol. The lowest BCUT2D eigenvalue weighted by Gasteiger charge is -2.34. The molecule has 0 amide bonds. The molecule has 0 unspecified atom stereocenters. The Labute approximate surface area is 76.7 Å². The Bertz CT molecular complexity index is 197. The van der Waals surface area contributed by atoms with Crippen LogP contribution in [0.5, 0.6) is 0 Å². The van der Waals surface area contributed by atoms with E-state index < -0.39 is 17.7 Å². The minimum absolute atomic E-state index is 0.188. The molecule has 5 nitrogen and oxygen atoms in total. The number of aliphatic hydroxyl groups excluding tert-OH is 1. The van der Waals surface area contributed by atoms with Crippen molar-refractivity contribution in [2.75, 3.05) is 19.7 Å². The Morgan fingerprint density at radius 3 is 3.00 bits per heavy atom. The summed E-state index contributed by atoms with van der Waals surface area (Å²) in [5.74, 6) is -0.732. The number of piperidine rings is 1. The van der Waals surface area contributed by atoms with Crippen molar-refractivity contribution < 1.29 is 19.7 Å². The second kappa shape index (κ2) is 4.04. The van der Waals surface area contributed by atoms with Gasteiger partial charge in [0.2, 0.25) is 0 Å². The minimum Gasteiger partial charge on any atom is -0.464 e. The summed E-state index contributed by atoms with van der Waals surface area (Å²) in [6, 6.07) is 0. The molecule has 1 saturated heterocycles. The SMILES string of the molecule is CCOC(=O)[C@@]1(O)CCNC[C@@H]1O. The number of nitrogens with one attached hydrogen (secondary N) is 1. The van der Waals surface area contributed by atoms with Gasteiger partial charge < -0.3 is 20.3 Å². The summed E-state index contributed by atoms with van der Waals surface area (Å²) >= 11 is 0. The summed E-state index contributed by atoms with van der Waals surface area (Å²) in [5, 5.41) is 22.1. The number of β-amino-alcohol motifs (C(OH)–C–C–N with tert-alkyl or cyclic N) is 1. The first-order valence-electron chi connectivity index (χ1n) is 4.39. The molecule has 0 spiro atoms. The monoisotopic (exact) mass is 189 g/mol. The first-order valence-corrected chi connectivity index (χ1v) is 4.39.